The van der Waals surface area contributed by atoms with Crippen LogP contribution in [-0.4, -0.2) is 26.0 Å². The van der Waals surface area contributed by atoms with Crippen LogP contribution in [0, 0.1) is 5.92 Å². The average Bonchev–Trinajstić information content (AvgIpc) is 2.37. The monoisotopic (exact) mass is 128 g/mol. The topological polar surface area (TPSA) is 41.1 Å². The molecule has 1 heterocycles. The molecule has 1 atom stereocenters. The molecule has 0 aromatic heterocycles. The van der Waals surface area contributed by atoms with E-state index < -0.39 is 0 Å². The molecule has 1 aliphatic heterocycles. The Labute approximate surface area is 54.8 Å². The van der Waals surface area contributed by atoms with Gasteiger partial charge in [0.05, 0.1) is 5.92 Å². The van der Waals surface area contributed by atoms with Crippen molar-refractivity contribution in [3.63, 3.8) is 0 Å². The quantitative estimate of drug-likeness (QED) is 0.492. The number of hydrogen-bond donors (Lipinski definition) is 2. The fourth-order valence-electron chi connectivity index (χ4n) is 1.08. The summed E-state index contributed by atoms with van der Waals surface area (Å²) >= 11 is 0. The molecular formula is C6H12N2O. The lowest BCUT2D eigenvalue weighted by atomic mass is 10.1. The largest absolute Gasteiger partial charge is 0.359 e. The van der Waals surface area contributed by atoms with Crippen molar-refractivity contribution in [2.75, 3.05) is 20.1 Å². The fraction of sp³-hybridized carbons (Fsp3) is 0.833. The van der Waals surface area contributed by atoms with Crippen LogP contribution in [0.1, 0.15) is 6.42 Å². The molecule has 1 saturated heterocycles. The second kappa shape index (κ2) is 2.82. The third-order valence-electron chi connectivity index (χ3n) is 1.68. The SMILES string of the molecule is CNC(=O)C1CCNC1. The molecule has 3 heteroatoms. The van der Waals surface area contributed by atoms with Crippen LogP contribution < -0.4 is 10.6 Å². The molecule has 0 spiro atoms. The first-order chi connectivity index (χ1) is 4.34. The number of carbonyl (C=O) groups excluding carboxylic acids is 1. The van der Waals surface area contributed by atoms with Crippen molar-refractivity contribution in [3.05, 3.63) is 0 Å². The lowest BCUT2D eigenvalue weighted by molar-refractivity contribution is -0.123. The Morgan fingerprint density at radius 2 is 2.56 bits per heavy atom. The van der Waals surface area contributed by atoms with Gasteiger partial charge in [-0.2, -0.15) is 0 Å². The van der Waals surface area contributed by atoms with E-state index in [-0.39, 0.29) is 11.8 Å². The maximum atomic E-state index is 10.9. The minimum absolute atomic E-state index is 0.167. The van der Waals surface area contributed by atoms with Gasteiger partial charge in [-0.3, -0.25) is 4.79 Å². The Morgan fingerprint density at radius 1 is 1.78 bits per heavy atom. The molecule has 2 N–H and O–H groups in total. The number of rotatable bonds is 1. The first kappa shape index (κ1) is 6.55. The van der Waals surface area contributed by atoms with Crippen molar-refractivity contribution in [3.8, 4) is 0 Å². The molecule has 0 saturated carbocycles. The van der Waals surface area contributed by atoms with Crippen molar-refractivity contribution in [2.24, 2.45) is 5.92 Å². The van der Waals surface area contributed by atoms with Crippen LogP contribution in [0.15, 0.2) is 0 Å². The predicted molar refractivity (Wildman–Crippen MR) is 35.0 cm³/mol. The number of carbonyl (C=O) groups is 1. The molecule has 0 aliphatic carbocycles. The lowest BCUT2D eigenvalue weighted by Gasteiger charge is -2.03. The lowest BCUT2D eigenvalue weighted by Crippen LogP contribution is -2.28. The van der Waals surface area contributed by atoms with Crippen molar-refractivity contribution < 1.29 is 4.79 Å². The van der Waals surface area contributed by atoms with Gasteiger partial charge in [0.15, 0.2) is 0 Å². The highest BCUT2D eigenvalue weighted by atomic mass is 16.1. The molecule has 1 aliphatic rings. The van der Waals surface area contributed by atoms with Crippen LogP contribution in [0.3, 0.4) is 0 Å². The van der Waals surface area contributed by atoms with Crippen LogP contribution in [0.2, 0.25) is 0 Å². The van der Waals surface area contributed by atoms with Gasteiger partial charge in [0.2, 0.25) is 5.91 Å². The molecule has 9 heavy (non-hydrogen) atoms. The van der Waals surface area contributed by atoms with E-state index in [2.05, 4.69) is 10.6 Å². The van der Waals surface area contributed by atoms with Crippen molar-refractivity contribution >= 4 is 5.91 Å². The van der Waals surface area contributed by atoms with Gasteiger partial charge in [-0.1, -0.05) is 0 Å². The van der Waals surface area contributed by atoms with E-state index in [1.807, 2.05) is 0 Å². The van der Waals surface area contributed by atoms with E-state index in [1.165, 1.54) is 0 Å². The smallest absolute Gasteiger partial charge is 0.224 e. The molecule has 0 bridgehead atoms. The summed E-state index contributed by atoms with van der Waals surface area (Å²) in [6.07, 6.45) is 0.986. The summed E-state index contributed by atoms with van der Waals surface area (Å²) in [5.74, 6) is 0.384. The Morgan fingerprint density at radius 3 is 3.00 bits per heavy atom. The molecule has 52 valence electrons. The van der Waals surface area contributed by atoms with E-state index in [1.54, 1.807) is 7.05 Å². The van der Waals surface area contributed by atoms with Crippen molar-refractivity contribution in [1.29, 1.82) is 0 Å². The second-order valence-electron chi connectivity index (χ2n) is 2.30. The van der Waals surface area contributed by atoms with Crippen LogP contribution >= 0.6 is 0 Å². The molecule has 1 fully saturated rings. The Bertz CT molecular complexity index is 108. The normalized spacial score (nSPS) is 26.1. The van der Waals surface area contributed by atoms with Gasteiger partial charge in [0.25, 0.3) is 0 Å². The molecule has 0 aromatic rings. The summed E-state index contributed by atoms with van der Waals surface area (Å²) < 4.78 is 0. The minimum atomic E-state index is 0.167. The maximum Gasteiger partial charge on any atom is 0.224 e. The molecule has 3 nitrogen and oxygen atoms in total. The van der Waals surface area contributed by atoms with Crippen LogP contribution in [0.4, 0.5) is 0 Å². The molecule has 1 rings (SSSR count). The van der Waals surface area contributed by atoms with E-state index >= 15 is 0 Å². The summed E-state index contributed by atoms with van der Waals surface area (Å²) in [4.78, 5) is 10.9. The van der Waals surface area contributed by atoms with E-state index in [0.29, 0.717) is 0 Å². The van der Waals surface area contributed by atoms with Gasteiger partial charge in [0, 0.05) is 13.6 Å². The molecule has 1 unspecified atom stereocenters. The molecule has 0 radical (unpaired) electrons. The summed E-state index contributed by atoms with van der Waals surface area (Å²) in [6.45, 7) is 1.83. The van der Waals surface area contributed by atoms with Gasteiger partial charge < -0.3 is 10.6 Å². The van der Waals surface area contributed by atoms with Gasteiger partial charge in [-0.25, -0.2) is 0 Å². The van der Waals surface area contributed by atoms with Gasteiger partial charge in [0.1, 0.15) is 0 Å². The zero-order valence-corrected chi connectivity index (χ0v) is 5.61. The Kier molecular flexibility index (Phi) is 2.05. The first-order valence-electron chi connectivity index (χ1n) is 3.27. The predicted octanol–water partition coefficient (Wildman–Crippen LogP) is -0.658. The van der Waals surface area contributed by atoms with Crippen molar-refractivity contribution in [2.45, 2.75) is 6.42 Å². The van der Waals surface area contributed by atoms with E-state index in [4.69, 9.17) is 0 Å². The fourth-order valence-corrected chi connectivity index (χ4v) is 1.08. The molecular weight excluding hydrogens is 116 g/mol. The number of nitrogens with one attached hydrogen (secondary N) is 2. The summed E-state index contributed by atoms with van der Waals surface area (Å²) in [6, 6.07) is 0. The summed E-state index contributed by atoms with van der Waals surface area (Å²) in [5, 5.41) is 5.75. The standard InChI is InChI=1S/C6H12N2O/c1-7-6(9)5-2-3-8-4-5/h5,8H,2-4H2,1H3,(H,7,9). The van der Waals surface area contributed by atoms with Crippen LogP contribution in [-0.2, 0) is 4.79 Å². The van der Waals surface area contributed by atoms with Gasteiger partial charge >= 0.3 is 0 Å². The number of hydrogen-bond acceptors (Lipinski definition) is 2. The zero-order valence-electron chi connectivity index (χ0n) is 5.61. The van der Waals surface area contributed by atoms with Crippen LogP contribution in [0.25, 0.3) is 0 Å². The second-order valence-corrected chi connectivity index (χ2v) is 2.30. The minimum Gasteiger partial charge on any atom is -0.359 e. The highest BCUT2D eigenvalue weighted by Gasteiger charge is 2.20. The summed E-state index contributed by atoms with van der Waals surface area (Å²) in [5.41, 5.74) is 0. The highest BCUT2D eigenvalue weighted by Crippen LogP contribution is 2.05. The van der Waals surface area contributed by atoms with Gasteiger partial charge in [-0.15, -0.1) is 0 Å². The van der Waals surface area contributed by atoms with Crippen molar-refractivity contribution in [1.82, 2.24) is 10.6 Å². The third kappa shape index (κ3) is 1.42. The maximum absolute atomic E-state index is 10.9. The van der Waals surface area contributed by atoms with Gasteiger partial charge in [-0.05, 0) is 13.0 Å². The highest BCUT2D eigenvalue weighted by molar-refractivity contribution is 5.78. The Balaban J connectivity index is 2.32. The zero-order chi connectivity index (χ0) is 6.69. The van der Waals surface area contributed by atoms with E-state index in [9.17, 15) is 4.79 Å². The number of amides is 1. The average molecular weight is 128 g/mol. The Hall–Kier alpha value is -0.570. The molecule has 0 aromatic carbocycles. The molecule has 1 amide bonds. The first-order valence-corrected chi connectivity index (χ1v) is 3.27. The summed E-state index contributed by atoms with van der Waals surface area (Å²) in [7, 11) is 1.68. The van der Waals surface area contributed by atoms with E-state index in [0.717, 1.165) is 19.5 Å². The van der Waals surface area contributed by atoms with Crippen LogP contribution in [0.5, 0.6) is 0 Å². The third-order valence-corrected chi connectivity index (χ3v) is 1.68.